The van der Waals surface area contributed by atoms with Crippen LogP contribution in [-0.2, 0) is 0 Å². The molecule has 0 aliphatic rings. The van der Waals surface area contributed by atoms with E-state index in [2.05, 4.69) is 26.4 Å². The van der Waals surface area contributed by atoms with Gasteiger partial charge in [0.05, 0.1) is 21.7 Å². The number of nitrogens with one attached hydrogen (secondary N) is 2. The number of fused-ring (bicyclic) bond motifs is 3. The van der Waals surface area contributed by atoms with Crippen molar-refractivity contribution in [1.29, 1.82) is 0 Å². The van der Waals surface area contributed by atoms with Gasteiger partial charge in [-0.25, -0.2) is 9.50 Å². The summed E-state index contributed by atoms with van der Waals surface area (Å²) in [6.07, 6.45) is 0. The Kier molecular flexibility index (Phi) is 2.62. The predicted molar refractivity (Wildman–Crippen MR) is 84.3 cm³/mol. The van der Waals surface area contributed by atoms with Crippen molar-refractivity contribution in [3.8, 4) is 0 Å². The van der Waals surface area contributed by atoms with Gasteiger partial charge < -0.3 is 5.32 Å². The van der Waals surface area contributed by atoms with E-state index in [0.29, 0.717) is 16.7 Å². The van der Waals surface area contributed by atoms with Crippen LogP contribution < -0.4 is 5.32 Å². The van der Waals surface area contributed by atoms with Crippen molar-refractivity contribution in [1.82, 2.24) is 19.6 Å². The molecule has 6 heteroatoms. The smallest absolute Gasteiger partial charge is 0.253 e. The van der Waals surface area contributed by atoms with Gasteiger partial charge in [-0.05, 0) is 36.8 Å². The maximum atomic E-state index is 6.13. The fraction of sp³-hybridized carbons (Fsp3) is 0.0667. The average Bonchev–Trinajstić information content (AvgIpc) is 2.97. The van der Waals surface area contributed by atoms with E-state index in [-0.39, 0.29) is 0 Å². The lowest BCUT2D eigenvalue weighted by atomic mass is 10.2. The molecule has 2 aromatic carbocycles. The number of aromatic amines is 1. The largest absolute Gasteiger partial charge is 0.323 e. The molecule has 21 heavy (non-hydrogen) atoms. The number of anilines is 2. The minimum Gasteiger partial charge on any atom is -0.323 e. The lowest BCUT2D eigenvalue weighted by Gasteiger charge is -2.03. The number of hydrogen-bond donors (Lipinski definition) is 2. The van der Waals surface area contributed by atoms with Crippen LogP contribution in [0.25, 0.3) is 16.8 Å². The Morgan fingerprint density at radius 3 is 2.86 bits per heavy atom. The molecular weight excluding hydrogens is 286 g/mol. The summed E-state index contributed by atoms with van der Waals surface area (Å²) >= 11 is 6.13. The van der Waals surface area contributed by atoms with Gasteiger partial charge in [-0.2, -0.15) is 4.98 Å². The molecule has 0 amide bonds. The van der Waals surface area contributed by atoms with E-state index < -0.39 is 0 Å². The highest BCUT2D eigenvalue weighted by Gasteiger charge is 2.10. The zero-order valence-electron chi connectivity index (χ0n) is 11.3. The normalized spacial score (nSPS) is 11.3. The van der Waals surface area contributed by atoms with E-state index in [1.807, 2.05) is 47.8 Å². The second kappa shape index (κ2) is 4.49. The van der Waals surface area contributed by atoms with Gasteiger partial charge in [-0.3, -0.25) is 5.10 Å². The molecule has 0 saturated heterocycles. The highest BCUT2D eigenvalue weighted by Crippen LogP contribution is 2.24. The first kappa shape index (κ1) is 12.2. The third-order valence-corrected chi connectivity index (χ3v) is 3.68. The van der Waals surface area contributed by atoms with Crippen LogP contribution in [0.5, 0.6) is 0 Å². The first-order valence-electron chi connectivity index (χ1n) is 6.57. The maximum absolute atomic E-state index is 6.13. The van der Waals surface area contributed by atoms with Crippen LogP contribution in [0.4, 0.5) is 11.6 Å². The van der Waals surface area contributed by atoms with Crippen molar-refractivity contribution < 1.29 is 0 Å². The summed E-state index contributed by atoms with van der Waals surface area (Å²) in [5.41, 5.74) is 3.90. The first-order valence-corrected chi connectivity index (χ1v) is 6.95. The molecule has 0 atom stereocenters. The van der Waals surface area contributed by atoms with Gasteiger partial charge in [0.1, 0.15) is 0 Å². The van der Waals surface area contributed by atoms with E-state index in [9.17, 15) is 0 Å². The van der Waals surface area contributed by atoms with E-state index in [1.165, 1.54) is 5.56 Å². The summed E-state index contributed by atoms with van der Waals surface area (Å²) in [6, 6.07) is 13.7. The molecule has 2 aromatic heterocycles. The van der Waals surface area contributed by atoms with Crippen molar-refractivity contribution in [3.63, 3.8) is 0 Å². The quantitative estimate of drug-likeness (QED) is 0.589. The number of hydrogen-bond acceptors (Lipinski definition) is 3. The van der Waals surface area contributed by atoms with E-state index >= 15 is 0 Å². The van der Waals surface area contributed by atoms with E-state index in [0.717, 1.165) is 16.7 Å². The number of rotatable bonds is 2. The van der Waals surface area contributed by atoms with Gasteiger partial charge in [0.15, 0.2) is 0 Å². The fourth-order valence-electron chi connectivity index (χ4n) is 2.34. The fourth-order valence-corrected chi connectivity index (χ4v) is 2.52. The molecule has 0 spiro atoms. The third-order valence-electron chi connectivity index (χ3n) is 3.35. The topological polar surface area (TPSA) is 58.0 Å². The van der Waals surface area contributed by atoms with Crippen LogP contribution in [0.3, 0.4) is 0 Å². The Morgan fingerprint density at radius 1 is 1.14 bits per heavy atom. The molecule has 0 radical (unpaired) electrons. The molecule has 0 bridgehead atoms. The lowest BCUT2D eigenvalue weighted by Crippen LogP contribution is -1.94. The Morgan fingerprint density at radius 2 is 2.00 bits per heavy atom. The van der Waals surface area contributed by atoms with Gasteiger partial charge in [0.25, 0.3) is 5.78 Å². The maximum Gasteiger partial charge on any atom is 0.253 e. The molecule has 0 aliphatic heterocycles. The standard InChI is InChI=1S/C15H12ClN5/c1-9-6-7-13-12(8-9)18-15-19-14(20-21(13)15)17-11-5-3-2-4-10(11)16/h2-8H,1H3,(H2,17,18,19,20). The highest BCUT2D eigenvalue weighted by molar-refractivity contribution is 6.33. The predicted octanol–water partition coefficient (Wildman–Crippen LogP) is 3.92. The summed E-state index contributed by atoms with van der Waals surface area (Å²) in [6.45, 7) is 2.05. The van der Waals surface area contributed by atoms with Gasteiger partial charge in [-0.15, -0.1) is 0 Å². The molecule has 4 aromatic rings. The zero-order valence-corrected chi connectivity index (χ0v) is 12.0. The summed E-state index contributed by atoms with van der Waals surface area (Å²) in [4.78, 5) is 8.95. The average molecular weight is 298 g/mol. The molecule has 0 unspecified atom stereocenters. The number of nitrogens with zero attached hydrogens (tertiary/aromatic N) is 3. The molecule has 2 N–H and O–H groups in total. The van der Waals surface area contributed by atoms with Gasteiger partial charge in [0.2, 0.25) is 5.95 Å². The Balaban J connectivity index is 1.79. The minimum absolute atomic E-state index is 0.605. The molecular formula is C15H12ClN5. The molecule has 104 valence electrons. The van der Waals surface area contributed by atoms with Crippen LogP contribution in [0.2, 0.25) is 5.02 Å². The number of benzene rings is 2. The lowest BCUT2D eigenvalue weighted by molar-refractivity contribution is 1.01. The summed E-state index contributed by atoms with van der Waals surface area (Å²) < 4.78 is 1.86. The Hall–Kier alpha value is -2.53. The van der Waals surface area contributed by atoms with Crippen molar-refractivity contribution >= 4 is 40.0 Å². The van der Waals surface area contributed by atoms with Crippen molar-refractivity contribution in [2.75, 3.05) is 5.32 Å². The van der Waals surface area contributed by atoms with Crippen molar-refractivity contribution in [2.45, 2.75) is 6.92 Å². The highest BCUT2D eigenvalue weighted by atomic mass is 35.5. The number of H-pyrrole nitrogens is 1. The number of halogens is 1. The summed E-state index contributed by atoms with van der Waals surface area (Å²) in [7, 11) is 0. The minimum atomic E-state index is 0.605. The van der Waals surface area contributed by atoms with Gasteiger partial charge in [-0.1, -0.05) is 29.8 Å². The Bertz CT molecular complexity index is 953. The van der Waals surface area contributed by atoms with E-state index in [1.54, 1.807) is 0 Å². The molecule has 2 heterocycles. The van der Waals surface area contributed by atoms with Gasteiger partial charge >= 0.3 is 0 Å². The van der Waals surface area contributed by atoms with Crippen LogP contribution >= 0.6 is 11.6 Å². The number of aryl methyl sites for hydroxylation is 1. The third kappa shape index (κ3) is 2.02. The molecule has 0 aliphatic carbocycles. The number of para-hydroxylation sites is 1. The summed E-state index contributed by atoms with van der Waals surface area (Å²) in [5.74, 6) is 1.23. The van der Waals surface area contributed by atoms with E-state index in [4.69, 9.17) is 11.6 Å². The van der Waals surface area contributed by atoms with Crippen LogP contribution in [-0.4, -0.2) is 19.6 Å². The van der Waals surface area contributed by atoms with Crippen LogP contribution in [0.1, 0.15) is 5.56 Å². The Labute approximate surface area is 125 Å². The summed E-state index contributed by atoms with van der Waals surface area (Å²) in [5, 5.41) is 7.00. The van der Waals surface area contributed by atoms with Crippen LogP contribution in [0, 0.1) is 6.92 Å². The molecule has 0 fully saturated rings. The second-order valence-electron chi connectivity index (χ2n) is 4.92. The number of aromatic nitrogens is 4. The van der Waals surface area contributed by atoms with Crippen molar-refractivity contribution in [2.24, 2.45) is 0 Å². The first-order chi connectivity index (χ1) is 10.2. The zero-order chi connectivity index (χ0) is 14.4. The molecule has 0 saturated carbocycles. The SMILES string of the molecule is Cc1ccc2c(c1)nc1nc(Nc3ccccc3Cl)[nH]n12. The second-order valence-corrected chi connectivity index (χ2v) is 5.32. The number of imidazole rings is 1. The monoisotopic (exact) mass is 297 g/mol. The molecule has 5 nitrogen and oxygen atoms in total. The van der Waals surface area contributed by atoms with Gasteiger partial charge in [0, 0.05) is 0 Å². The van der Waals surface area contributed by atoms with Crippen molar-refractivity contribution in [3.05, 3.63) is 53.1 Å². The molecule has 4 rings (SSSR count). The van der Waals surface area contributed by atoms with Crippen LogP contribution in [0.15, 0.2) is 42.5 Å².